The minimum absolute atomic E-state index is 0.0985. The number of H-pyrrole nitrogens is 1. The van der Waals surface area contributed by atoms with Crippen LogP contribution in [-0.4, -0.2) is 44.2 Å². The van der Waals surface area contributed by atoms with Gasteiger partial charge < -0.3 is 10.0 Å². The van der Waals surface area contributed by atoms with Crippen molar-refractivity contribution in [1.82, 2.24) is 15.1 Å². The number of carbonyl (C=O) groups is 2. The molecule has 0 unspecified atom stereocenters. The topological polar surface area (TPSA) is 86.3 Å². The third kappa shape index (κ3) is 2.23. The summed E-state index contributed by atoms with van der Waals surface area (Å²) in [6.45, 7) is 2.16. The summed E-state index contributed by atoms with van der Waals surface area (Å²) in [5, 5.41) is 15.7. The van der Waals surface area contributed by atoms with Gasteiger partial charge in [-0.3, -0.25) is 9.89 Å². The van der Waals surface area contributed by atoms with E-state index in [0.29, 0.717) is 25.8 Å². The summed E-state index contributed by atoms with van der Waals surface area (Å²) >= 11 is 0. The average Bonchev–Trinajstić information content (AvgIpc) is 2.95. The minimum atomic E-state index is -1.03. The minimum Gasteiger partial charge on any atom is -0.480 e. The molecule has 2 heterocycles. The van der Waals surface area contributed by atoms with Gasteiger partial charge in [0.1, 0.15) is 5.54 Å². The fourth-order valence-electron chi connectivity index (χ4n) is 2.39. The molecule has 0 saturated carbocycles. The van der Waals surface area contributed by atoms with Gasteiger partial charge in [-0.05, 0) is 31.7 Å². The van der Waals surface area contributed by atoms with E-state index in [-0.39, 0.29) is 5.91 Å². The van der Waals surface area contributed by atoms with Crippen LogP contribution in [0, 0.1) is 0 Å². The molecule has 1 saturated heterocycles. The number of aryl methyl sites for hydroxylation is 1. The summed E-state index contributed by atoms with van der Waals surface area (Å²) in [5.74, 6) is -1.02. The number of rotatable bonds is 4. The number of likely N-dealkylation sites (tertiary alicyclic amines) is 1. The van der Waals surface area contributed by atoms with Crippen LogP contribution < -0.4 is 0 Å². The number of aromatic amines is 1. The number of carbonyl (C=O) groups excluding carboxylic acids is 1. The predicted molar refractivity (Wildman–Crippen MR) is 63.9 cm³/mol. The van der Waals surface area contributed by atoms with Gasteiger partial charge in [0.25, 0.3) is 0 Å². The monoisotopic (exact) mass is 251 g/mol. The van der Waals surface area contributed by atoms with Crippen molar-refractivity contribution in [3.63, 3.8) is 0 Å². The number of carboxylic acids is 1. The maximum atomic E-state index is 12.1. The summed E-state index contributed by atoms with van der Waals surface area (Å²) < 4.78 is 0. The first-order chi connectivity index (χ1) is 8.54. The first-order valence-corrected chi connectivity index (χ1v) is 6.05. The van der Waals surface area contributed by atoms with E-state index in [2.05, 4.69) is 10.2 Å². The van der Waals surface area contributed by atoms with Crippen molar-refractivity contribution >= 4 is 11.9 Å². The zero-order chi connectivity index (χ0) is 13.2. The Bertz CT molecular complexity index is 443. The molecule has 6 heteroatoms. The fourth-order valence-corrected chi connectivity index (χ4v) is 2.39. The zero-order valence-electron chi connectivity index (χ0n) is 10.3. The highest BCUT2D eigenvalue weighted by atomic mass is 16.4. The number of hydrogen-bond donors (Lipinski definition) is 2. The van der Waals surface area contributed by atoms with Gasteiger partial charge in [0.2, 0.25) is 5.91 Å². The van der Waals surface area contributed by atoms with Crippen molar-refractivity contribution in [2.45, 2.75) is 38.1 Å². The molecule has 1 aliphatic rings. The van der Waals surface area contributed by atoms with Gasteiger partial charge in [-0.1, -0.05) is 0 Å². The third-order valence-electron chi connectivity index (χ3n) is 3.59. The second-order valence-corrected chi connectivity index (χ2v) is 4.83. The highest BCUT2D eigenvalue weighted by molar-refractivity contribution is 5.87. The molecule has 1 fully saturated rings. The molecular weight excluding hydrogens is 234 g/mol. The molecule has 0 spiro atoms. The largest absolute Gasteiger partial charge is 0.480 e. The van der Waals surface area contributed by atoms with Crippen LogP contribution in [0.4, 0.5) is 0 Å². The van der Waals surface area contributed by atoms with Gasteiger partial charge in [-0.25, -0.2) is 4.79 Å². The molecular formula is C12H17N3O3. The van der Waals surface area contributed by atoms with Crippen LogP contribution in [0.5, 0.6) is 0 Å². The molecule has 18 heavy (non-hydrogen) atoms. The Morgan fingerprint density at radius 1 is 1.61 bits per heavy atom. The van der Waals surface area contributed by atoms with E-state index in [4.69, 9.17) is 0 Å². The number of hydrogen-bond acceptors (Lipinski definition) is 3. The van der Waals surface area contributed by atoms with Crippen molar-refractivity contribution in [3.05, 3.63) is 18.0 Å². The number of nitrogens with zero attached hydrogens (tertiary/aromatic N) is 2. The molecule has 2 N–H and O–H groups in total. The molecule has 98 valence electrons. The summed E-state index contributed by atoms with van der Waals surface area (Å²) in [6.07, 6.45) is 5.60. The standard InChI is InChI=1S/C12H17N3O3/c1-12(11(17)18)5-2-6-15(12)10(16)4-3-9-7-13-14-8-9/h7-8H,2-6H2,1H3,(H,13,14)(H,17,18)/t12-/m0/s1. The van der Waals surface area contributed by atoms with Crippen molar-refractivity contribution in [2.24, 2.45) is 0 Å². The predicted octanol–water partition coefficient (Wildman–Crippen LogP) is 0.808. The first kappa shape index (κ1) is 12.6. The highest BCUT2D eigenvalue weighted by Gasteiger charge is 2.45. The molecule has 1 atom stereocenters. The Balaban J connectivity index is 1.98. The maximum absolute atomic E-state index is 12.1. The lowest BCUT2D eigenvalue weighted by atomic mass is 9.99. The normalized spacial score (nSPS) is 23.3. The van der Waals surface area contributed by atoms with E-state index < -0.39 is 11.5 Å². The zero-order valence-corrected chi connectivity index (χ0v) is 10.3. The summed E-state index contributed by atoms with van der Waals surface area (Å²) in [7, 11) is 0. The Morgan fingerprint density at radius 2 is 2.39 bits per heavy atom. The van der Waals surface area contributed by atoms with Crippen LogP contribution in [0.1, 0.15) is 31.7 Å². The van der Waals surface area contributed by atoms with Crippen LogP contribution in [0.25, 0.3) is 0 Å². The van der Waals surface area contributed by atoms with E-state index in [0.717, 1.165) is 12.0 Å². The van der Waals surface area contributed by atoms with Gasteiger partial charge in [0.15, 0.2) is 0 Å². The SMILES string of the molecule is C[C@@]1(C(=O)O)CCCN1C(=O)CCc1cn[nH]c1. The number of nitrogens with one attached hydrogen (secondary N) is 1. The van der Waals surface area contributed by atoms with Gasteiger partial charge in [0, 0.05) is 19.2 Å². The number of aromatic nitrogens is 2. The first-order valence-electron chi connectivity index (χ1n) is 6.05. The van der Waals surface area contributed by atoms with Crippen LogP contribution in [-0.2, 0) is 16.0 Å². The van der Waals surface area contributed by atoms with Gasteiger partial charge >= 0.3 is 5.97 Å². The maximum Gasteiger partial charge on any atom is 0.329 e. The van der Waals surface area contributed by atoms with Crippen LogP contribution in [0.15, 0.2) is 12.4 Å². The van der Waals surface area contributed by atoms with Crippen LogP contribution >= 0.6 is 0 Å². The van der Waals surface area contributed by atoms with Crippen molar-refractivity contribution in [3.8, 4) is 0 Å². The summed E-state index contributed by atoms with van der Waals surface area (Å²) in [4.78, 5) is 24.9. The lowest BCUT2D eigenvalue weighted by Crippen LogP contribution is -2.50. The van der Waals surface area contributed by atoms with Crippen molar-refractivity contribution in [2.75, 3.05) is 6.54 Å². The van der Waals surface area contributed by atoms with E-state index in [1.54, 1.807) is 19.3 Å². The average molecular weight is 251 g/mol. The van der Waals surface area contributed by atoms with Gasteiger partial charge in [-0.15, -0.1) is 0 Å². The van der Waals surface area contributed by atoms with E-state index in [9.17, 15) is 14.7 Å². The Kier molecular flexibility index (Phi) is 3.36. The molecule has 1 aliphatic heterocycles. The van der Waals surface area contributed by atoms with E-state index in [1.165, 1.54) is 4.90 Å². The Hall–Kier alpha value is -1.85. The van der Waals surface area contributed by atoms with Gasteiger partial charge in [-0.2, -0.15) is 5.10 Å². The molecule has 0 aliphatic carbocycles. The lowest BCUT2D eigenvalue weighted by molar-refractivity contribution is -0.155. The van der Waals surface area contributed by atoms with E-state index in [1.807, 2.05) is 0 Å². The molecule has 0 bridgehead atoms. The second-order valence-electron chi connectivity index (χ2n) is 4.83. The smallest absolute Gasteiger partial charge is 0.329 e. The fraction of sp³-hybridized carbons (Fsp3) is 0.583. The van der Waals surface area contributed by atoms with Crippen LogP contribution in [0.3, 0.4) is 0 Å². The molecule has 1 amide bonds. The summed E-state index contributed by atoms with van der Waals surface area (Å²) in [5.41, 5.74) is -0.0763. The lowest BCUT2D eigenvalue weighted by Gasteiger charge is -2.31. The molecule has 2 rings (SSSR count). The Morgan fingerprint density at radius 3 is 3.00 bits per heavy atom. The number of carboxylic acid groups (broad SMARTS) is 1. The molecule has 1 aromatic rings. The third-order valence-corrected chi connectivity index (χ3v) is 3.59. The van der Waals surface area contributed by atoms with Crippen LogP contribution in [0.2, 0.25) is 0 Å². The molecule has 1 aromatic heterocycles. The highest BCUT2D eigenvalue weighted by Crippen LogP contribution is 2.29. The molecule has 0 radical (unpaired) electrons. The van der Waals surface area contributed by atoms with Crippen molar-refractivity contribution in [1.29, 1.82) is 0 Å². The second kappa shape index (κ2) is 4.80. The number of amides is 1. The Labute approximate surface area is 105 Å². The summed E-state index contributed by atoms with van der Waals surface area (Å²) in [6, 6.07) is 0. The number of aliphatic carboxylic acids is 1. The van der Waals surface area contributed by atoms with Crippen molar-refractivity contribution < 1.29 is 14.7 Å². The molecule has 6 nitrogen and oxygen atoms in total. The van der Waals surface area contributed by atoms with Gasteiger partial charge in [0.05, 0.1) is 6.20 Å². The quantitative estimate of drug-likeness (QED) is 0.829. The molecule has 0 aromatic carbocycles. The van der Waals surface area contributed by atoms with E-state index >= 15 is 0 Å².